The van der Waals surface area contributed by atoms with E-state index in [-0.39, 0.29) is 22.7 Å². The molecule has 3 aromatic carbocycles. The van der Waals surface area contributed by atoms with E-state index in [0.29, 0.717) is 28.5 Å². The average molecular weight is 515 g/mol. The van der Waals surface area contributed by atoms with Crippen LogP contribution >= 0.6 is 0 Å². The first-order chi connectivity index (χ1) is 17.2. The number of benzene rings is 3. The van der Waals surface area contributed by atoms with Crippen LogP contribution in [-0.2, 0) is 10.0 Å². The van der Waals surface area contributed by atoms with Gasteiger partial charge in [-0.2, -0.15) is 0 Å². The second-order valence-electron chi connectivity index (χ2n) is 7.27. The molecule has 0 bridgehead atoms. The largest absolute Gasteiger partial charge is 0.496 e. The normalized spacial score (nSPS) is 11.1. The number of nitrogen functional groups attached to an aromatic ring is 1. The second-order valence-corrected chi connectivity index (χ2v) is 8.84. The SMILES string of the molecule is COc1cc(OC)c(C=CS(=O)(=O)Nc2ccc(OC)c(OC(=O)c3ccc(N)cc3)c2)c(OC)c1. The van der Waals surface area contributed by atoms with Crippen molar-refractivity contribution < 1.29 is 36.9 Å². The zero-order chi connectivity index (χ0) is 26.3. The maximum Gasteiger partial charge on any atom is 0.343 e. The number of methoxy groups -OCH3 is 4. The van der Waals surface area contributed by atoms with Gasteiger partial charge in [0.05, 0.1) is 50.7 Å². The van der Waals surface area contributed by atoms with Gasteiger partial charge in [0.25, 0.3) is 10.0 Å². The molecule has 0 unspecified atom stereocenters. The van der Waals surface area contributed by atoms with Crippen LogP contribution in [0.3, 0.4) is 0 Å². The predicted octanol–water partition coefficient (Wildman–Crippen LogP) is 3.94. The first-order valence-electron chi connectivity index (χ1n) is 10.5. The van der Waals surface area contributed by atoms with Crippen molar-refractivity contribution in [3.8, 4) is 28.7 Å². The second kappa shape index (κ2) is 11.4. The van der Waals surface area contributed by atoms with Gasteiger partial charge in [0.1, 0.15) is 17.2 Å². The average Bonchev–Trinajstić information content (AvgIpc) is 2.87. The van der Waals surface area contributed by atoms with Crippen molar-refractivity contribution in [2.75, 3.05) is 38.9 Å². The molecular weight excluding hydrogens is 488 g/mol. The van der Waals surface area contributed by atoms with Crippen molar-refractivity contribution in [1.82, 2.24) is 0 Å². The summed E-state index contributed by atoms with van der Waals surface area (Å²) in [6, 6.07) is 13.7. The van der Waals surface area contributed by atoms with Crippen LogP contribution in [0.5, 0.6) is 28.7 Å². The molecule has 0 aliphatic heterocycles. The highest BCUT2D eigenvalue weighted by Crippen LogP contribution is 2.35. The summed E-state index contributed by atoms with van der Waals surface area (Å²) in [5.74, 6) is 0.818. The number of carbonyl (C=O) groups excluding carboxylic acids is 1. The van der Waals surface area contributed by atoms with Crippen LogP contribution in [-0.4, -0.2) is 42.8 Å². The maximum atomic E-state index is 12.8. The number of nitrogens with two attached hydrogens (primary N) is 1. The molecule has 0 aromatic heterocycles. The molecule has 3 aromatic rings. The van der Waals surface area contributed by atoms with Gasteiger partial charge in [-0.15, -0.1) is 0 Å². The number of esters is 1. The van der Waals surface area contributed by atoms with Crippen LogP contribution in [0.2, 0.25) is 0 Å². The highest BCUT2D eigenvalue weighted by Gasteiger charge is 2.16. The Morgan fingerprint density at radius 2 is 1.42 bits per heavy atom. The summed E-state index contributed by atoms with van der Waals surface area (Å²) in [6.45, 7) is 0. The number of anilines is 2. The number of nitrogens with one attached hydrogen (secondary N) is 1. The fourth-order valence-corrected chi connectivity index (χ4v) is 3.99. The zero-order valence-electron chi connectivity index (χ0n) is 20.1. The molecule has 0 aliphatic carbocycles. The lowest BCUT2D eigenvalue weighted by Gasteiger charge is -2.13. The summed E-state index contributed by atoms with van der Waals surface area (Å²) >= 11 is 0. The first-order valence-corrected chi connectivity index (χ1v) is 12.0. The Kier molecular flexibility index (Phi) is 8.28. The summed E-state index contributed by atoms with van der Waals surface area (Å²) < 4.78 is 54.5. The molecule has 0 spiro atoms. The monoisotopic (exact) mass is 514 g/mol. The quantitative estimate of drug-likeness (QED) is 0.234. The molecule has 0 radical (unpaired) electrons. The van der Waals surface area contributed by atoms with Crippen LogP contribution in [0, 0.1) is 0 Å². The Bertz CT molecular complexity index is 1340. The van der Waals surface area contributed by atoms with E-state index in [4.69, 9.17) is 29.4 Å². The van der Waals surface area contributed by atoms with Crippen LogP contribution in [0.1, 0.15) is 15.9 Å². The molecule has 11 heteroatoms. The van der Waals surface area contributed by atoms with Crippen LogP contribution in [0.25, 0.3) is 6.08 Å². The highest BCUT2D eigenvalue weighted by atomic mass is 32.2. The van der Waals surface area contributed by atoms with Crippen LogP contribution < -0.4 is 34.1 Å². The standard InChI is InChI=1S/C25H26N2O8S/c1-31-19-14-22(33-3)20(23(15-19)34-4)11-12-36(29,30)27-18-9-10-21(32-2)24(13-18)35-25(28)16-5-7-17(26)8-6-16/h5-15,27H,26H2,1-4H3. The Hall–Kier alpha value is -4.38. The number of hydrogen-bond acceptors (Lipinski definition) is 9. The lowest BCUT2D eigenvalue weighted by Crippen LogP contribution is -2.11. The third kappa shape index (κ3) is 6.39. The Morgan fingerprint density at radius 1 is 0.806 bits per heavy atom. The molecule has 0 atom stereocenters. The smallest absolute Gasteiger partial charge is 0.343 e. The van der Waals surface area contributed by atoms with Gasteiger partial charge in [-0.1, -0.05) is 0 Å². The highest BCUT2D eigenvalue weighted by molar-refractivity contribution is 7.95. The predicted molar refractivity (Wildman–Crippen MR) is 136 cm³/mol. The zero-order valence-corrected chi connectivity index (χ0v) is 20.9. The summed E-state index contributed by atoms with van der Waals surface area (Å²) in [4.78, 5) is 12.5. The lowest BCUT2D eigenvalue weighted by molar-refractivity contribution is 0.0730. The molecule has 0 fully saturated rings. The minimum absolute atomic E-state index is 0.0296. The van der Waals surface area contributed by atoms with Gasteiger partial charge in [0.2, 0.25) is 0 Å². The van der Waals surface area contributed by atoms with Gasteiger partial charge >= 0.3 is 5.97 Å². The van der Waals surface area contributed by atoms with E-state index in [1.165, 1.54) is 64.8 Å². The third-order valence-electron chi connectivity index (χ3n) is 4.94. The fraction of sp³-hybridized carbons (Fsp3) is 0.160. The molecule has 190 valence electrons. The van der Waals surface area contributed by atoms with E-state index >= 15 is 0 Å². The molecular formula is C25H26N2O8S. The number of hydrogen-bond donors (Lipinski definition) is 2. The molecule has 3 rings (SSSR count). The van der Waals surface area contributed by atoms with E-state index in [9.17, 15) is 13.2 Å². The van der Waals surface area contributed by atoms with E-state index < -0.39 is 16.0 Å². The van der Waals surface area contributed by atoms with Gasteiger partial charge in [0.15, 0.2) is 11.5 Å². The molecule has 3 N–H and O–H groups in total. The molecule has 0 heterocycles. The van der Waals surface area contributed by atoms with Gasteiger partial charge in [-0.3, -0.25) is 4.72 Å². The Labute approximate surface area is 209 Å². The van der Waals surface area contributed by atoms with Gasteiger partial charge in [-0.05, 0) is 42.5 Å². The molecule has 10 nitrogen and oxygen atoms in total. The summed E-state index contributed by atoms with van der Waals surface area (Å²) in [5, 5.41) is 0.962. The van der Waals surface area contributed by atoms with Crippen molar-refractivity contribution in [1.29, 1.82) is 0 Å². The minimum Gasteiger partial charge on any atom is -0.496 e. The maximum absolute atomic E-state index is 12.8. The summed E-state index contributed by atoms with van der Waals surface area (Å²) in [5.41, 5.74) is 6.96. The molecule has 0 saturated heterocycles. The Balaban J connectivity index is 1.85. The summed E-state index contributed by atoms with van der Waals surface area (Å²) in [7, 11) is 1.80. The summed E-state index contributed by atoms with van der Waals surface area (Å²) in [6.07, 6.45) is 1.34. The van der Waals surface area contributed by atoms with Gasteiger partial charge < -0.3 is 29.4 Å². The first kappa shape index (κ1) is 26.2. The number of ether oxygens (including phenoxy) is 5. The third-order valence-corrected chi connectivity index (χ3v) is 5.95. The van der Waals surface area contributed by atoms with Crippen molar-refractivity contribution in [2.24, 2.45) is 0 Å². The topological polar surface area (TPSA) is 135 Å². The fourth-order valence-electron chi connectivity index (χ4n) is 3.15. The van der Waals surface area contributed by atoms with E-state index in [1.807, 2.05) is 0 Å². The van der Waals surface area contributed by atoms with Crippen LogP contribution in [0.15, 0.2) is 60.0 Å². The molecule has 0 saturated carbocycles. The minimum atomic E-state index is -3.99. The van der Waals surface area contributed by atoms with Crippen molar-refractivity contribution in [3.05, 3.63) is 71.1 Å². The molecule has 0 amide bonds. The lowest BCUT2D eigenvalue weighted by atomic mass is 10.1. The van der Waals surface area contributed by atoms with Crippen molar-refractivity contribution >= 4 is 33.4 Å². The van der Waals surface area contributed by atoms with E-state index in [2.05, 4.69) is 4.72 Å². The van der Waals surface area contributed by atoms with Gasteiger partial charge in [-0.25, -0.2) is 13.2 Å². The number of carbonyl (C=O) groups is 1. The van der Waals surface area contributed by atoms with Crippen LogP contribution in [0.4, 0.5) is 11.4 Å². The number of sulfonamides is 1. The molecule has 0 aliphatic rings. The van der Waals surface area contributed by atoms with E-state index in [1.54, 1.807) is 24.3 Å². The van der Waals surface area contributed by atoms with Crippen molar-refractivity contribution in [2.45, 2.75) is 0 Å². The van der Waals surface area contributed by atoms with Crippen molar-refractivity contribution in [3.63, 3.8) is 0 Å². The van der Waals surface area contributed by atoms with Gasteiger partial charge in [0, 0.05) is 23.9 Å². The van der Waals surface area contributed by atoms with E-state index in [0.717, 1.165) is 5.41 Å². The Morgan fingerprint density at radius 3 is 1.97 bits per heavy atom. The molecule has 36 heavy (non-hydrogen) atoms. The number of rotatable bonds is 10.